The number of anilines is 1. The molecule has 0 saturated heterocycles. The van der Waals surface area contributed by atoms with Crippen LogP contribution in [0.15, 0.2) is 58.1 Å². The molecule has 0 amide bonds. The Morgan fingerprint density at radius 1 is 1.03 bits per heavy atom. The van der Waals surface area contributed by atoms with Crippen molar-refractivity contribution in [1.82, 2.24) is 14.1 Å². The Morgan fingerprint density at radius 3 is 2.51 bits per heavy atom. The number of pyridine rings is 1. The zero-order valence-electron chi connectivity index (χ0n) is 21.4. The monoisotopic (exact) mass is 544 g/mol. The van der Waals surface area contributed by atoms with Gasteiger partial charge in [0.1, 0.15) is 11.4 Å². The van der Waals surface area contributed by atoms with Crippen molar-refractivity contribution in [2.75, 3.05) is 12.3 Å². The lowest BCUT2D eigenvalue weighted by Crippen LogP contribution is -2.42. The Kier molecular flexibility index (Phi) is 6.93. The molecule has 0 spiro atoms. The topological polar surface area (TPSA) is 126 Å². The van der Waals surface area contributed by atoms with Crippen molar-refractivity contribution in [3.05, 3.63) is 102 Å². The van der Waals surface area contributed by atoms with Gasteiger partial charge in [-0.1, -0.05) is 48.0 Å². The summed E-state index contributed by atoms with van der Waals surface area (Å²) < 4.78 is 7.24. The van der Waals surface area contributed by atoms with Gasteiger partial charge >= 0.3 is 11.7 Å². The number of hydrogen-bond acceptors (Lipinski definition) is 7. The predicted molar refractivity (Wildman–Crippen MR) is 150 cm³/mol. The van der Waals surface area contributed by atoms with Crippen molar-refractivity contribution in [3.8, 4) is 0 Å². The number of carbonyl (C=O) groups is 2. The van der Waals surface area contributed by atoms with Crippen LogP contribution in [0.2, 0.25) is 5.02 Å². The summed E-state index contributed by atoms with van der Waals surface area (Å²) in [7, 11) is 2.60. The van der Waals surface area contributed by atoms with Crippen LogP contribution in [0.4, 0.5) is 5.82 Å². The molecule has 0 aliphatic heterocycles. The maximum atomic E-state index is 13.5. The van der Waals surface area contributed by atoms with Crippen LogP contribution in [-0.4, -0.2) is 32.5 Å². The molecule has 9 nitrogen and oxygen atoms in total. The van der Waals surface area contributed by atoms with Crippen molar-refractivity contribution >= 4 is 51.7 Å². The van der Waals surface area contributed by atoms with E-state index in [0.29, 0.717) is 33.6 Å². The van der Waals surface area contributed by atoms with Crippen LogP contribution in [0.5, 0.6) is 0 Å². The Labute approximate surface area is 228 Å². The van der Waals surface area contributed by atoms with Crippen LogP contribution in [0, 0.1) is 0 Å². The first-order valence-electron chi connectivity index (χ1n) is 12.3. The number of nitrogens with two attached hydrogens (primary N) is 1. The van der Waals surface area contributed by atoms with Gasteiger partial charge in [-0.15, -0.1) is 0 Å². The Morgan fingerprint density at radius 2 is 1.74 bits per heavy atom. The highest BCUT2D eigenvalue weighted by molar-refractivity contribution is 6.32. The lowest BCUT2D eigenvalue weighted by molar-refractivity contribution is 0.0475. The van der Waals surface area contributed by atoms with E-state index in [1.165, 1.54) is 14.1 Å². The first-order valence-corrected chi connectivity index (χ1v) is 12.7. The number of nitrogen functional groups attached to an aromatic ring is 1. The second-order valence-electron chi connectivity index (χ2n) is 9.34. The minimum absolute atomic E-state index is 0.287. The van der Waals surface area contributed by atoms with E-state index < -0.39 is 35.2 Å². The van der Waals surface area contributed by atoms with Crippen LogP contribution in [0.1, 0.15) is 50.4 Å². The number of hydrogen-bond donors (Lipinski definition) is 1. The number of ether oxygens (including phenoxy) is 1. The Balaban J connectivity index is 1.55. The van der Waals surface area contributed by atoms with Crippen LogP contribution in [0.3, 0.4) is 0 Å². The predicted octanol–water partition coefficient (Wildman–Crippen LogP) is 3.78. The SMILES string of the molecule is Cn1c(N)c(C(=O)COC(=O)c2c3c(nc4ccccc24)/C(=C/c2ccccc2Cl)CCC3)c(=O)n(C)c1=O. The molecule has 198 valence electrons. The molecule has 5 rings (SSSR count). The number of halogens is 1. The summed E-state index contributed by atoms with van der Waals surface area (Å²) in [5, 5.41) is 1.21. The van der Waals surface area contributed by atoms with Crippen molar-refractivity contribution in [2.24, 2.45) is 14.1 Å². The van der Waals surface area contributed by atoms with Crippen molar-refractivity contribution in [3.63, 3.8) is 0 Å². The number of allylic oxidation sites excluding steroid dienone is 1. The summed E-state index contributed by atoms with van der Waals surface area (Å²) in [6.07, 6.45) is 4.12. The standard InChI is InChI=1S/C29H25ClN4O5/c1-33-26(31)24(27(36)34(2)29(33)38)22(35)15-39-28(37)23-18-10-4-6-13-21(18)32-25-17(9-7-11-19(23)25)14-16-8-3-5-12-20(16)30/h3-6,8,10,12-14H,7,9,11,15,31H2,1-2H3/b17-14+. The van der Waals surface area contributed by atoms with E-state index in [0.717, 1.165) is 38.7 Å². The lowest BCUT2D eigenvalue weighted by Gasteiger charge is -2.22. The van der Waals surface area contributed by atoms with E-state index in [1.54, 1.807) is 12.1 Å². The van der Waals surface area contributed by atoms with E-state index in [9.17, 15) is 19.2 Å². The molecule has 1 aliphatic rings. The van der Waals surface area contributed by atoms with Crippen LogP contribution < -0.4 is 17.0 Å². The van der Waals surface area contributed by atoms with Gasteiger partial charge < -0.3 is 10.5 Å². The number of rotatable bonds is 5. The van der Waals surface area contributed by atoms with Crippen molar-refractivity contribution in [1.29, 1.82) is 0 Å². The third-order valence-electron chi connectivity index (χ3n) is 6.93. The lowest BCUT2D eigenvalue weighted by atomic mass is 9.86. The van der Waals surface area contributed by atoms with E-state index in [1.807, 2.05) is 42.5 Å². The fourth-order valence-corrected chi connectivity index (χ4v) is 5.08. The molecule has 0 saturated carbocycles. The molecule has 4 aromatic rings. The van der Waals surface area contributed by atoms with Gasteiger partial charge in [0.25, 0.3) is 5.56 Å². The van der Waals surface area contributed by atoms with Gasteiger partial charge in [0.2, 0.25) is 5.78 Å². The molecular formula is C29H25ClN4O5. The van der Waals surface area contributed by atoms with Gasteiger partial charge in [-0.3, -0.25) is 18.7 Å². The van der Waals surface area contributed by atoms with E-state index in [-0.39, 0.29) is 5.82 Å². The highest BCUT2D eigenvalue weighted by Crippen LogP contribution is 2.37. The summed E-state index contributed by atoms with van der Waals surface area (Å²) in [6, 6.07) is 14.7. The van der Waals surface area contributed by atoms with Crippen molar-refractivity contribution in [2.45, 2.75) is 19.3 Å². The molecule has 0 fully saturated rings. The average molecular weight is 545 g/mol. The summed E-state index contributed by atoms with van der Waals surface area (Å²) in [5.41, 5.74) is 8.12. The van der Waals surface area contributed by atoms with E-state index in [4.69, 9.17) is 27.1 Å². The molecular weight excluding hydrogens is 520 g/mol. The van der Waals surface area contributed by atoms with Gasteiger partial charge in [0.05, 0.1) is 16.8 Å². The number of esters is 1. The summed E-state index contributed by atoms with van der Waals surface area (Å²) in [5.74, 6) is -1.80. The molecule has 2 heterocycles. The van der Waals surface area contributed by atoms with Gasteiger partial charge in [-0.2, -0.15) is 0 Å². The second kappa shape index (κ2) is 10.3. The quantitative estimate of drug-likeness (QED) is 0.299. The number of benzene rings is 2. The first-order chi connectivity index (χ1) is 18.7. The Hall–Kier alpha value is -4.50. The number of carbonyl (C=O) groups excluding carboxylic acids is 2. The molecule has 1 aliphatic carbocycles. The maximum absolute atomic E-state index is 13.5. The number of nitrogens with zero attached hydrogens (tertiary/aromatic N) is 3. The van der Waals surface area contributed by atoms with Gasteiger partial charge in [-0.25, -0.2) is 14.6 Å². The third-order valence-corrected chi connectivity index (χ3v) is 7.28. The fraction of sp³-hybridized carbons (Fsp3) is 0.207. The van der Waals surface area contributed by atoms with Crippen LogP contribution >= 0.6 is 11.6 Å². The zero-order valence-corrected chi connectivity index (χ0v) is 22.1. The molecule has 0 unspecified atom stereocenters. The third kappa shape index (κ3) is 4.66. The summed E-state index contributed by atoms with van der Waals surface area (Å²) in [6.45, 7) is -0.718. The van der Waals surface area contributed by atoms with Crippen LogP contribution in [-0.2, 0) is 25.3 Å². The molecule has 0 radical (unpaired) electrons. The molecule has 0 bridgehead atoms. The van der Waals surface area contributed by atoms with E-state index >= 15 is 0 Å². The first kappa shape index (κ1) is 26.1. The smallest absolute Gasteiger partial charge is 0.339 e. The number of ketones is 1. The molecule has 2 N–H and O–H groups in total. The summed E-state index contributed by atoms with van der Waals surface area (Å²) in [4.78, 5) is 56.0. The van der Waals surface area contributed by atoms with Gasteiger partial charge in [0.15, 0.2) is 6.61 Å². The normalized spacial score (nSPS) is 13.9. The molecule has 39 heavy (non-hydrogen) atoms. The minimum atomic E-state index is -0.849. The molecule has 0 atom stereocenters. The fourth-order valence-electron chi connectivity index (χ4n) is 4.89. The maximum Gasteiger partial charge on any atom is 0.339 e. The number of para-hydroxylation sites is 1. The molecule has 2 aromatic heterocycles. The molecule has 10 heteroatoms. The second-order valence-corrected chi connectivity index (χ2v) is 9.75. The number of fused-ring (bicyclic) bond motifs is 2. The van der Waals surface area contributed by atoms with Gasteiger partial charge in [-0.05, 0) is 54.2 Å². The molecule has 2 aromatic carbocycles. The number of Topliss-reactive ketones (excluding diaryl/α,β-unsaturated/α-hetero) is 1. The largest absolute Gasteiger partial charge is 0.454 e. The zero-order chi connectivity index (χ0) is 27.8. The minimum Gasteiger partial charge on any atom is -0.454 e. The van der Waals surface area contributed by atoms with Crippen LogP contribution in [0.25, 0.3) is 22.6 Å². The summed E-state index contributed by atoms with van der Waals surface area (Å²) >= 11 is 6.40. The van der Waals surface area contributed by atoms with E-state index in [2.05, 4.69) is 0 Å². The Bertz CT molecular complexity index is 1820. The van der Waals surface area contributed by atoms with Gasteiger partial charge in [0, 0.05) is 24.5 Å². The van der Waals surface area contributed by atoms with Crippen molar-refractivity contribution < 1.29 is 14.3 Å². The number of aromatic nitrogens is 3. The highest BCUT2D eigenvalue weighted by Gasteiger charge is 2.28. The average Bonchev–Trinajstić information content (AvgIpc) is 2.94. The highest BCUT2D eigenvalue weighted by atomic mass is 35.5.